The van der Waals surface area contributed by atoms with Gasteiger partial charge in [-0.2, -0.15) is 4.58 Å². The van der Waals surface area contributed by atoms with Crippen LogP contribution in [0.25, 0.3) is 10.4 Å². The Bertz CT molecular complexity index is 2780. The molecule has 354 valence electrons. The largest absolute Gasteiger partial charge is 0.744 e. The molecule has 0 fully saturated rings. The minimum absolute atomic E-state index is 0.239. The number of allylic oxidation sites excluding steroid dienone is 7. The number of fused-ring (bicyclic) bond motifs is 2. The summed E-state index contributed by atoms with van der Waals surface area (Å²) in [5.41, 5.74) is 18.0. The van der Waals surface area contributed by atoms with Crippen molar-refractivity contribution < 1.29 is 39.5 Å². The fourth-order valence-electron chi connectivity index (χ4n) is 9.41. The third-order valence-electron chi connectivity index (χ3n) is 12.9. The van der Waals surface area contributed by atoms with Crippen molar-refractivity contribution in [2.24, 2.45) is 5.11 Å². The lowest BCUT2D eigenvalue weighted by atomic mass is 9.81. The highest BCUT2D eigenvalue weighted by Gasteiger charge is 2.45. The van der Waals surface area contributed by atoms with Gasteiger partial charge in [0.1, 0.15) is 20.2 Å². The van der Waals surface area contributed by atoms with Crippen LogP contribution in [0.15, 0.2) is 122 Å². The zero-order valence-corrected chi connectivity index (χ0v) is 41.9. The SMILES string of the molecule is CC1(C)C(/C=C/C2=C(Nc3ccc(CCN=[N+]=[N-])cc3)C(=C/C=C3/N(CCC[N+](C)(C)C)c4ccc(S(=O)(=O)[O-])cc4C3(C)C)/CCC2)=[N+](CCC[N+](C)(C)C)c2ccc(S(=O)(=O)[O-])cc21. The predicted octanol–water partition coefficient (Wildman–Crippen LogP) is 8.63. The van der Waals surface area contributed by atoms with E-state index in [4.69, 9.17) is 5.53 Å². The second-order valence-electron chi connectivity index (χ2n) is 20.8. The Morgan fingerprint density at radius 3 is 2.05 bits per heavy atom. The van der Waals surface area contributed by atoms with Crippen molar-refractivity contribution in [2.75, 3.05) is 85.2 Å². The van der Waals surface area contributed by atoms with E-state index in [1.807, 2.05) is 24.3 Å². The lowest BCUT2D eigenvalue weighted by Gasteiger charge is -2.29. The number of azide groups is 1. The van der Waals surface area contributed by atoms with E-state index in [1.54, 1.807) is 12.1 Å². The van der Waals surface area contributed by atoms with Crippen LogP contribution in [0.3, 0.4) is 0 Å². The number of benzene rings is 3. The molecule has 1 N–H and O–H groups in total. The van der Waals surface area contributed by atoms with E-state index in [-0.39, 0.29) is 9.79 Å². The molecule has 0 bridgehead atoms. The van der Waals surface area contributed by atoms with Crippen LogP contribution in [0.2, 0.25) is 0 Å². The maximum Gasteiger partial charge on any atom is 0.209 e. The molecule has 0 unspecified atom stereocenters. The summed E-state index contributed by atoms with van der Waals surface area (Å²) in [4.78, 5) is 4.68. The molecule has 0 amide bonds. The van der Waals surface area contributed by atoms with Crippen molar-refractivity contribution in [3.05, 3.63) is 135 Å². The van der Waals surface area contributed by atoms with Gasteiger partial charge in [0.25, 0.3) is 0 Å². The quantitative estimate of drug-likeness (QED) is 0.0329. The van der Waals surface area contributed by atoms with E-state index in [1.165, 1.54) is 24.3 Å². The van der Waals surface area contributed by atoms with E-state index in [0.29, 0.717) is 26.1 Å². The highest BCUT2D eigenvalue weighted by molar-refractivity contribution is 7.86. The second kappa shape index (κ2) is 19.3. The molecular formula is C50H67N8O6S2+. The standard InChI is InChI=1S/C50H66N8O6S2/c1-49(2)42-34-40(65(59,60)61)22-24-44(42)55(30-12-32-57(5,6)7)46(49)26-18-37-14-11-15-38(48(37)53-39-20-16-36(17-21-39)28-29-52-54-51)19-27-47-50(3,4)43-35-41(66(62,63)64)23-25-45(43)56(47)31-13-33-58(8,9)10/h16-27,34-35H,11-15,28-33H2,1-10H3/p+1/b37-18+,46-26+. The van der Waals surface area contributed by atoms with Crippen LogP contribution in [-0.4, -0.2) is 120 Å². The maximum atomic E-state index is 12.2. The van der Waals surface area contributed by atoms with Crippen LogP contribution in [0, 0.1) is 0 Å². The number of nitrogens with one attached hydrogen (secondary N) is 1. The van der Waals surface area contributed by atoms with Gasteiger partial charge in [0.15, 0.2) is 12.3 Å². The fourth-order valence-corrected chi connectivity index (χ4v) is 10.4. The Hall–Kier alpha value is -5.06. The van der Waals surface area contributed by atoms with Crippen LogP contribution in [0.5, 0.6) is 0 Å². The van der Waals surface area contributed by atoms with Crippen molar-refractivity contribution in [3.8, 4) is 0 Å². The summed E-state index contributed by atoms with van der Waals surface area (Å²) in [6.07, 6.45) is 13.5. The molecule has 0 aromatic heterocycles. The van der Waals surface area contributed by atoms with E-state index in [0.717, 1.165) is 116 Å². The summed E-state index contributed by atoms with van der Waals surface area (Å²) in [5.74, 6) is 0. The van der Waals surface area contributed by atoms with Gasteiger partial charge < -0.3 is 28.3 Å². The summed E-state index contributed by atoms with van der Waals surface area (Å²) in [7, 11) is 3.63. The van der Waals surface area contributed by atoms with Gasteiger partial charge in [0, 0.05) is 70.3 Å². The third-order valence-corrected chi connectivity index (χ3v) is 14.6. The van der Waals surface area contributed by atoms with Crippen LogP contribution >= 0.6 is 0 Å². The molecule has 16 heteroatoms. The number of quaternary nitrogens is 2. The first-order chi connectivity index (χ1) is 30.7. The molecule has 3 aromatic carbocycles. The topological polar surface area (TPSA) is 181 Å². The minimum atomic E-state index is -4.67. The van der Waals surface area contributed by atoms with Gasteiger partial charge in [-0.05, 0) is 116 Å². The van der Waals surface area contributed by atoms with Gasteiger partial charge in [-0.3, -0.25) is 0 Å². The summed E-state index contributed by atoms with van der Waals surface area (Å²) >= 11 is 0. The zero-order valence-electron chi connectivity index (χ0n) is 40.3. The first-order valence-corrected chi connectivity index (χ1v) is 25.5. The Kier molecular flexibility index (Phi) is 14.7. The molecule has 14 nitrogen and oxygen atoms in total. The van der Waals surface area contributed by atoms with Crippen LogP contribution in [0.1, 0.15) is 76.5 Å². The molecule has 6 rings (SSSR count). The van der Waals surface area contributed by atoms with Crippen molar-refractivity contribution in [1.82, 2.24) is 0 Å². The Balaban J connectivity index is 1.48. The van der Waals surface area contributed by atoms with E-state index in [9.17, 15) is 25.9 Å². The minimum Gasteiger partial charge on any atom is -0.744 e. The lowest BCUT2D eigenvalue weighted by Crippen LogP contribution is -2.37. The predicted molar refractivity (Wildman–Crippen MR) is 261 cm³/mol. The normalized spacial score (nSPS) is 18.6. The lowest BCUT2D eigenvalue weighted by molar-refractivity contribution is -0.871. The maximum absolute atomic E-state index is 12.2. The van der Waals surface area contributed by atoms with Crippen molar-refractivity contribution in [3.63, 3.8) is 0 Å². The number of nitrogens with zero attached hydrogens (tertiary/aromatic N) is 7. The van der Waals surface area contributed by atoms with Gasteiger partial charge in [-0.1, -0.05) is 43.2 Å². The molecular weight excluding hydrogens is 873 g/mol. The number of rotatable bonds is 18. The van der Waals surface area contributed by atoms with Crippen LogP contribution < -0.4 is 10.2 Å². The molecule has 0 radical (unpaired) electrons. The van der Waals surface area contributed by atoms with Gasteiger partial charge in [0.05, 0.1) is 77.0 Å². The first kappa shape index (κ1) is 50.4. The van der Waals surface area contributed by atoms with Gasteiger partial charge in [0.2, 0.25) is 5.69 Å². The average molecular weight is 940 g/mol. The average Bonchev–Trinajstić information content (AvgIpc) is 3.56. The van der Waals surface area contributed by atoms with Crippen molar-refractivity contribution >= 4 is 43.0 Å². The summed E-state index contributed by atoms with van der Waals surface area (Å²) < 4.78 is 77.2. The molecule has 3 aromatic rings. The highest BCUT2D eigenvalue weighted by atomic mass is 32.2. The highest BCUT2D eigenvalue weighted by Crippen LogP contribution is 2.49. The van der Waals surface area contributed by atoms with Crippen molar-refractivity contribution in [1.29, 1.82) is 0 Å². The van der Waals surface area contributed by atoms with Gasteiger partial charge >= 0.3 is 0 Å². The van der Waals surface area contributed by atoms with Crippen LogP contribution in [0.4, 0.5) is 17.1 Å². The monoisotopic (exact) mass is 939 g/mol. The van der Waals surface area contributed by atoms with Gasteiger partial charge in [-0.15, -0.1) is 0 Å². The summed E-state index contributed by atoms with van der Waals surface area (Å²) in [5, 5.41) is 7.48. The van der Waals surface area contributed by atoms with Crippen LogP contribution in [-0.2, 0) is 37.5 Å². The molecule has 66 heavy (non-hydrogen) atoms. The zero-order chi connectivity index (χ0) is 48.5. The molecule has 0 atom stereocenters. The number of hydrogen-bond donors (Lipinski definition) is 1. The summed E-state index contributed by atoms with van der Waals surface area (Å²) in [6, 6.07) is 17.5. The Morgan fingerprint density at radius 2 is 1.42 bits per heavy atom. The Labute approximate surface area is 392 Å². The fraction of sp³-hybridized carbons (Fsp3) is 0.460. The second-order valence-corrected chi connectivity index (χ2v) is 23.6. The molecule has 0 spiro atoms. The van der Waals surface area contributed by atoms with Gasteiger partial charge in [-0.25, -0.2) is 16.8 Å². The first-order valence-electron chi connectivity index (χ1n) is 22.6. The number of anilines is 2. The molecule has 0 saturated carbocycles. The number of hydrogen-bond acceptors (Lipinski definition) is 9. The van der Waals surface area contributed by atoms with E-state index < -0.39 is 31.1 Å². The third kappa shape index (κ3) is 11.7. The smallest absolute Gasteiger partial charge is 0.209 e. The molecule has 2 heterocycles. The van der Waals surface area contributed by atoms with E-state index in [2.05, 4.69) is 119 Å². The Morgan fingerprint density at radius 1 is 0.803 bits per heavy atom. The molecule has 2 aliphatic heterocycles. The van der Waals surface area contributed by atoms with Crippen molar-refractivity contribution in [2.45, 2.75) is 86.8 Å². The van der Waals surface area contributed by atoms with E-state index >= 15 is 0 Å². The molecule has 1 aliphatic carbocycles. The molecule has 0 saturated heterocycles. The molecule has 3 aliphatic rings. The summed E-state index contributed by atoms with van der Waals surface area (Å²) in [6.45, 7) is 11.9.